The van der Waals surface area contributed by atoms with Crippen LogP contribution in [0.5, 0.6) is 0 Å². The lowest BCUT2D eigenvalue weighted by Crippen LogP contribution is -2.26. The third-order valence-corrected chi connectivity index (χ3v) is 2.44. The summed E-state index contributed by atoms with van der Waals surface area (Å²) in [4.78, 5) is 0. The smallest absolute Gasteiger partial charge is 0.127 e. The van der Waals surface area contributed by atoms with Crippen LogP contribution in [0.4, 0.5) is 8.78 Å². The number of rotatable bonds is 6. The van der Waals surface area contributed by atoms with E-state index in [1.807, 2.05) is 6.92 Å². The molecule has 0 fully saturated rings. The van der Waals surface area contributed by atoms with E-state index in [0.29, 0.717) is 18.5 Å². The maximum Gasteiger partial charge on any atom is 0.127 e. The highest BCUT2D eigenvalue weighted by atomic mass is 19.1. The van der Waals surface area contributed by atoms with Gasteiger partial charge >= 0.3 is 0 Å². The number of nitrogens with one attached hydrogen (secondary N) is 1. The number of aliphatic hydroxyl groups excluding tert-OH is 1. The van der Waals surface area contributed by atoms with Gasteiger partial charge in [0.25, 0.3) is 0 Å². The van der Waals surface area contributed by atoms with Crippen molar-refractivity contribution in [1.29, 1.82) is 0 Å². The summed E-state index contributed by atoms with van der Waals surface area (Å²) in [6.07, 6.45) is 1.52. The van der Waals surface area contributed by atoms with E-state index in [1.54, 1.807) is 0 Å². The molecule has 0 heterocycles. The second-order valence-electron chi connectivity index (χ2n) is 3.88. The van der Waals surface area contributed by atoms with Crippen molar-refractivity contribution >= 4 is 0 Å². The van der Waals surface area contributed by atoms with Gasteiger partial charge in [0.05, 0.1) is 0 Å². The van der Waals surface area contributed by atoms with Crippen molar-refractivity contribution in [2.45, 2.75) is 32.4 Å². The van der Waals surface area contributed by atoms with Crippen LogP contribution in [0.2, 0.25) is 0 Å². The highest BCUT2D eigenvalue weighted by Crippen LogP contribution is 2.09. The van der Waals surface area contributed by atoms with Crippen molar-refractivity contribution in [3.63, 3.8) is 0 Å². The first kappa shape index (κ1) is 13.1. The summed E-state index contributed by atoms with van der Waals surface area (Å²) >= 11 is 0. The SMILES string of the molecule is CC(CCCO)NCc1cc(F)ccc1F. The van der Waals surface area contributed by atoms with Gasteiger partial charge in [0.2, 0.25) is 0 Å². The fourth-order valence-corrected chi connectivity index (χ4v) is 1.46. The van der Waals surface area contributed by atoms with E-state index in [9.17, 15) is 8.78 Å². The largest absolute Gasteiger partial charge is 0.396 e. The van der Waals surface area contributed by atoms with Gasteiger partial charge in [-0.05, 0) is 38.0 Å². The molecule has 0 aliphatic carbocycles. The van der Waals surface area contributed by atoms with E-state index in [0.717, 1.165) is 18.6 Å². The molecular formula is C12H17F2NO. The number of hydrogen-bond donors (Lipinski definition) is 2. The normalized spacial score (nSPS) is 12.8. The molecule has 0 aliphatic rings. The lowest BCUT2D eigenvalue weighted by atomic mass is 10.1. The van der Waals surface area contributed by atoms with Crippen molar-refractivity contribution in [1.82, 2.24) is 5.32 Å². The van der Waals surface area contributed by atoms with Crippen molar-refractivity contribution in [3.05, 3.63) is 35.4 Å². The van der Waals surface area contributed by atoms with Gasteiger partial charge in [-0.3, -0.25) is 0 Å². The molecule has 0 spiro atoms. The minimum atomic E-state index is -0.429. The van der Waals surface area contributed by atoms with Gasteiger partial charge in [-0.2, -0.15) is 0 Å². The first-order chi connectivity index (χ1) is 7.63. The summed E-state index contributed by atoms with van der Waals surface area (Å²) in [6, 6.07) is 3.61. The molecule has 2 nitrogen and oxygen atoms in total. The number of benzene rings is 1. The van der Waals surface area contributed by atoms with Crippen LogP contribution in [-0.2, 0) is 6.54 Å². The molecule has 0 bridgehead atoms. The second kappa shape index (κ2) is 6.55. The van der Waals surface area contributed by atoms with Crippen molar-refractivity contribution < 1.29 is 13.9 Å². The summed E-state index contributed by atoms with van der Waals surface area (Å²) in [5.41, 5.74) is 0.329. The molecule has 1 aromatic carbocycles. The molecule has 0 amide bonds. The zero-order valence-electron chi connectivity index (χ0n) is 9.34. The summed E-state index contributed by atoms with van der Waals surface area (Å²) in [5, 5.41) is 11.7. The molecule has 4 heteroatoms. The molecule has 1 aromatic rings. The predicted octanol–water partition coefficient (Wildman–Crippen LogP) is 2.22. The Morgan fingerprint density at radius 3 is 2.81 bits per heavy atom. The molecule has 0 aliphatic heterocycles. The standard InChI is InChI=1S/C12H17F2NO/c1-9(3-2-6-16)15-8-10-7-11(13)4-5-12(10)14/h4-5,7,9,15-16H,2-3,6,8H2,1H3. The average molecular weight is 229 g/mol. The molecule has 1 atom stereocenters. The third-order valence-electron chi connectivity index (χ3n) is 2.44. The van der Waals surface area contributed by atoms with Gasteiger partial charge < -0.3 is 10.4 Å². The Morgan fingerprint density at radius 2 is 2.12 bits per heavy atom. The van der Waals surface area contributed by atoms with Crippen LogP contribution >= 0.6 is 0 Å². The van der Waals surface area contributed by atoms with Crippen LogP contribution in [-0.4, -0.2) is 17.8 Å². The summed E-state index contributed by atoms with van der Waals surface area (Å²) in [6.45, 7) is 2.41. The lowest BCUT2D eigenvalue weighted by molar-refractivity contribution is 0.276. The Morgan fingerprint density at radius 1 is 1.38 bits per heavy atom. The number of hydrogen-bond acceptors (Lipinski definition) is 2. The fraction of sp³-hybridized carbons (Fsp3) is 0.500. The van der Waals surface area contributed by atoms with Gasteiger partial charge in [-0.1, -0.05) is 0 Å². The molecule has 0 saturated heterocycles. The van der Waals surface area contributed by atoms with Crippen molar-refractivity contribution in [2.75, 3.05) is 6.61 Å². The third kappa shape index (κ3) is 4.24. The van der Waals surface area contributed by atoms with Crippen molar-refractivity contribution in [2.24, 2.45) is 0 Å². The van der Waals surface area contributed by atoms with Gasteiger partial charge in [-0.25, -0.2) is 8.78 Å². The van der Waals surface area contributed by atoms with Crippen LogP contribution in [0, 0.1) is 11.6 Å². The summed E-state index contributed by atoms with van der Waals surface area (Å²) in [7, 11) is 0. The molecule has 0 radical (unpaired) electrons. The maximum absolute atomic E-state index is 13.2. The van der Waals surface area contributed by atoms with E-state index in [4.69, 9.17) is 5.11 Å². The topological polar surface area (TPSA) is 32.3 Å². The monoisotopic (exact) mass is 229 g/mol. The molecule has 0 aromatic heterocycles. The van der Waals surface area contributed by atoms with E-state index in [-0.39, 0.29) is 12.6 Å². The maximum atomic E-state index is 13.2. The summed E-state index contributed by atoms with van der Waals surface area (Å²) < 4.78 is 26.1. The number of aliphatic hydroxyl groups is 1. The van der Waals surface area contributed by atoms with Crippen molar-refractivity contribution in [3.8, 4) is 0 Å². The van der Waals surface area contributed by atoms with Crippen LogP contribution in [0.3, 0.4) is 0 Å². The highest BCUT2D eigenvalue weighted by Gasteiger charge is 2.06. The van der Waals surface area contributed by atoms with E-state index in [2.05, 4.69) is 5.32 Å². The Labute approximate surface area is 94.3 Å². The zero-order chi connectivity index (χ0) is 12.0. The van der Waals surface area contributed by atoms with E-state index >= 15 is 0 Å². The Kier molecular flexibility index (Phi) is 5.35. The second-order valence-corrected chi connectivity index (χ2v) is 3.88. The molecule has 16 heavy (non-hydrogen) atoms. The van der Waals surface area contributed by atoms with Gasteiger partial charge in [0.15, 0.2) is 0 Å². The molecule has 1 unspecified atom stereocenters. The van der Waals surface area contributed by atoms with Crippen LogP contribution in [0.15, 0.2) is 18.2 Å². The predicted molar refractivity (Wildman–Crippen MR) is 59.0 cm³/mol. The van der Waals surface area contributed by atoms with Crippen LogP contribution in [0.1, 0.15) is 25.3 Å². The fourth-order valence-electron chi connectivity index (χ4n) is 1.46. The number of halogens is 2. The van der Waals surface area contributed by atoms with Crippen LogP contribution < -0.4 is 5.32 Å². The summed E-state index contributed by atoms with van der Waals surface area (Å²) in [5.74, 6) is -0.829. The average Bonchev–Trinajstić information content (AvgIpc) is 2.27. The first-order valence-corrected chi connectivity index (χ1v) is 5.41. The molecule has 90 valence electrons. The molecule has 1 rings (SSSR count). The quantitative estimate of drug-likeness (QED) is 0.784. The Hall–Kier alpha value is -1.00. The molecule has 0 saturated carbocycles. The highest BCUT2D eigenvalue weighted by molar-refractivity contribution is 5.18. The first-order valence-electron chi connectivity index (χ1n) is 5.41. The molecule has 2 N–H and O–H groups in total. The molecular weight excluding hydrogens is 212 g/mol. The lowest BCUT2D eigenvalue weighted by Gasteiger charge is -2.13. The van der Waals surface area contributed by atoms with Gasteiger partial charge in [-0.15, -0.1) is 0 Å². The Balaban J connectivity index is 2.44. The van der Waals surface area contributed by atoms with E-state index < -0.39 is 11.6 Å². The minimum Gasteiger partial charge on any atom is -0.396 e. The van der Waals surface area contributed by atoms with E-state index in [1.165, 1.54) is 6.07 Å². The minimum absolute atomic E-state index is 0.153. The van der Waals surface area contributed by atoms with Crippen LogP contribution in [0.25, 0.3) is 0 Å². The van der Waals surface area contributed by atoms with Gasteiger partial charge in [0, 0.05) is 24.8 Å². The Bertz CT molecular complexity index is 331. The van der Waals surface area contributed by atoms with Gasteiger partial charge in [0.1, 0.15) is 11.6 Å². The zero-order valence-corrected chi connectivity index (χ0v) is 9.34.